The average molecular weight is 311 g/mol. The molecule has 5 nitrogen and oxygen atoms in total. The fourth-order valence-corrected chi connectivity index (χ4v) is 2.63. The highest BCUT2D eigenvalue weighted by molar-refractivity contribution is 7.15. The van der Waals surface area contributed by atoms with Gasteiger partial charge in [-0.1, -0.05) is 11.3 Å². The number of thiazole rings is 1. The fraction of sp³-hybridized carbons (Fsp3) is 0.357. The van der Waals surface area contributed by atoms with Crippen LogP contribution in [0, 0.1) is 5.82 Å². The van der Waals surface area contributed by atoms with Crippen molar-refractivity contribution in [1.29, 1.82) is 0 Å². The van der Waals surface area contributed by atoms with Crippen LogP contribution < -0.4 is 19.7 Å². The van der Waals surface area contributed by atoms with Crippen LogP contribution in [0.25, 0.3) is 0 Å². The first-order valence-electron chi connectivity index (χ1n) is 6.33. The molecule has 1 aromatic carbocycles. The number of aromatic nitrogens is 1. The molecule has 0 atom stereocenters. The first-order chi connectivity index (χ1) is 10.0. The predicted molar refractivity (Wildman–Crippen MR) is 83.3 cm³/mol. The number of halogens is 1. The van der Waals surface area contributed by atoms with Gasteiger partial charge in [0.15, 0.2) is 16.7 Å². The Labute approximate surface area is 127 Å². The first-order valence-corrected chi connectivity index (χ1v) is 7.15. The topological polar surface area (TPSA) is 46.6 Å². The van der Waals surface area contributed by atoms with Crippen LogP contribution in [0.15, 0.2) is 18.2 Å². The summed E-state index contributed by atoms with van der Waals surface area (Å²) in [5.41, 5.74) is 0.773. The summed E-state index contributed by atoms with van der Waals surface area (Å²) in [7, 11) is 6.90. The normalized spacial score (nSPS) is 10.3. The van der Waals surface area contributed by atoms with E-state index < -0.39 is 0 Å². The van der Waals surface area contributed by atoms with Gasteiger partial charge >= 0.3 is 0 Å². The number of anilines is 2. The molecular weight excluding hydrogens is 293 g/mol. The molecule has 1 N–H and O–H groups in total. The van der Waals surface area contributed by atoms with E-state index in [0.717, 1.165) is 15.7 Å². The number of nitrogens with one attached hydrogen (secondary N) is 1. The van der Waals surface area contributed by atoms with Crippen LogP contribution in [0.2, 0.25) is 0 Å². The molecule has 0 aliphatic carbocycles. The molecular formula is C14H18FN3O2S. The minimum Gasteiger partial charge on any atom is -0.494 e. The van der Waals surface area contributed by atoms with E-state index in [4.69, 9.17) is 9.47 Å². The quantitative estimate of drug-likeness (QED) is 0.888. The number of hydrogen-bond acceptors (Lipinski definition) is 6. The monoisotopic (exact) mass is 311 g/mol. The first kappa shape index (κ1) is 15.4. The van der Waals surface area contributed by atoms with Crippen molar-refractivity contribution in [3.8, 4) is 11.6 Å². The molecule has 2 rings (SSSR count). The van der Waals surface area contributed by atoms with Crippen LogP contribution >= 0.6 is 11.3 Å². The highest BCUT2D eigenvalue weighted by atomic mass is 32.1. The summed E-state index contributed by atoms with van der Waals surface area (Å²) < 4.78 is 23.6. The molecule has 0 aliphatic rings. The van der Waals surface area contributed by atoms with Crippen molar-refractivity contribution < 1.29 is 13.9 Å². The average Bonchev–Trinajstić information content (AvgIpc) is 2.90. The Bertz CT molecular complexity index is 616. The van der Waals surface area contributed by atoms with E-state index in [2.05, 4.69) is 10.3 Å². The molecule has 0 unspecified atom stereocenters. The van der Waals surface area contributed by atoms with Crippen molar-refractivity contribution in [3.05, 3.63) is 28.9 Å². The summed E-state index contributed by atoms with van der Waals surface area (Å²) in [6.45, 7) is 0.545. The second kappa shape index (κ2) is 6.62. The molecule has 0 saturated carbocycles. The van der Waals surface area contributed by atoms with Gasteiger partial charge in [-0.2, -0.15) is 4.98 Å². The van der Waals surface area contributed by atoms with E-state index in [-0.39, 0.29) is 11.6 Å². The third-order valence-corrected chi connectivity index (χ3v) is 4.03. The minimum absolute atomic E-state index is 0.213. The number of ether oxygens (including phenoxy) is 2. The molecule has 0 fully saturated rings. The van der Waals surface area contributed by atoms with Gasteiger partial charge in [0.1, 0.15) is 0 Å². The molecule has 1 aromatic heterocycles. The second-order valence-electron chi connectivity index (χ2n) is 4.53. The van der Waals surface area contributed by atoms with Gasteiger partial charge in [0.05, 0.1) is 25.6 Å². The standard InChI is InChI=1S/C14H18FN3O2S/c1-18(2)14-17-13(20-4)12(21-14)8-16-9-5-6-10(15)11(7-9)19-3/h5-7,16H,8H2,1-4H3. The van der Waals surface area contributed by atoms with Gasteiger partial charge in [0.2, 0.25) is 5.88 Å². The van der Waals surface area contributed by atoms with E-state index in [1.807, 2.05) is 19.0 Å². The summed E-state index contributed by atoms with van der Waals surface area (Å²) >= 11 is 1.55. The highest BCUT2D eigenvalue weighted by Gasteiger charge is 2.13. The van der Waals surface area contributed by atoms with Crippen molar-refractivity contribution in [2.24, 2.45) is 0 Å². The number of methoxy groups -OCH3 is 2. The Hall–Kier alpha value is -2.02. The summed E-state index contributed by atoms with van der Waals surface area (Å²) in [6, 6.07) is 4.66. The maximum Gasteiger partial charge on any atom is 0.231 e. The SMILES string of the molecule is COc1cc(NCc2sc(N(C)C)nc2OC)ccc1F. The summed E-state index contributed by atoms with van der Waals surface area (Å²) in [5, 5.41) is 4.09. The number of rotatable bonds is 6. The van der Waals surface area contributed by atoms with Gasteiger partial charge in [-0.05, 0) is 12.1 Å². The van der Waals surface area contributed by atoms with Gasteiger partial charge in [-0.15, -0.1) is 0 Å². The zero-order chi connectivity index (χ0) is 15.4. The van der Waals surface area contributed by atoms with Crippen molar-refractivity contribution in [3.63, 3.8) is 0 Å². The Morgan fingerprint density at radius 1 is 1.29 bits per heavy atom. The number of benzene rings is 1. The van der Waals surface area contributed by atoms with Crippen LogP contribution in [0.1, 0.15) is 4.88 Å². The van der Waals surface area contributed by atoms with E-state index in [1.54, 1.807) is 30.6 Å². The van der Waals surface area contributed by atoms with Crippen molar-refractivity contribution >= 4 is 22.2 Å². The molecule has 7 heteroatoms. The van der Waals surface area contributed by atoms with Crippen molar-refractivity contribution in [2.45, 2.75) is 6.54 Å². The van der Waals surface area contributed by atoms with E-state index in [0.29, 0.717) is 12.4 Å². The van der Waals surface area contributed by atoms with E-state index >= 15 is 0 Å². The van der Waals surface area contributed by atoms with Crippen LogP contribution in [0.4, 0.5) is 15.2 Å². The van der Waals surface area contributed by atoms with Crippen LogP contribution in [-0.4, -0.2) is 33.3 Å². The summed E-state index contributed by atoms with van der Waals surface area (Å²) in [6.07, 6.45) is 0. The lowest BCUT2D eigenvalue weighted by atomic mass is 10.3. The van der Waals surface area contributed by atoms with Gasteiger partial charge in [0, 0.05) is 25.8 Å². The van der Waals surface area contributed by atoms with E-state index in [1.165, 1.54) is 13.2 Å². The molecule has 21 heavy (non-hydrogen) atoms. The maximum atomic E-state index is 13.4. The lowest BCUT2D eigenvalue weighted by molar-refractivity contribution is 0.387. The molecule has 0 radical (unpaired) electrons. The van der Waals surface area contributed by atoms with Gasteiger partial charge in [0.25, 0.3) is 0 Å². The Kier molecular flexibility index (Phi) is 4.85. The highest BCUT2D eigenvalue weighted by Crippen LogP contribution is 2.31. The third-order valence-electron chi connectivity index (χ3n) is 2.83. The van der Waals surface area contributed by atoms with Gasteiger partial charge < -0.3 is 19.7 Å². The molecule has 1 heterocycles. The Balaban J connectivity index is 2.12. The van der Waals surface area contributed by atoms with Crippen LogP contribution in [0.5, 0.6) is 11.6 Å². The zero-order valence-electron chi connectivity index (χ0n) is 12.4. The van der Waals surface area contributed by atoms with Crippen molar-refractivity contribution in [2.75, 3.05) is 38.5 Å². The molecule has 0 spiro atoms. The third kappa shape index (κ3) is 3.55. The molecule has 0 bridgehead atoms. The largest absolute Gasteiger partial charge is 0.494 e. The molecule has 2 aromatic rings. The van der Waals surface area contributed by atoms with Gasteiger partial charge in [-0.25, -0.2) is 4.39 Å². The fourth-order valence-electron chi connectivity index (χ4n) is 1.74. The molecule has 0 saturated heterocycles. The molecule has 114 valence electrons. The number of nitrogens with zero attached hydrogens (tertiary/aromatic N) is 2. The summed E-state index contributed by atoms with van der Waals surface area (Å²) in [5.74, 6) is 0.434. The lowest BCUT2D eigenvalue weighted by Gasteiger charge is -2.08. The summed E-state index contributed by atoms with van der Waals surface area (Å²) in [4.78, 5) is 7.29. The smallest absolute Gasteiger partial charge is 0.231 e. The lowest BCUT2D eigenvalue weighted by Crippen LogP contribution is -2.07. The van der Waals surface area contributed by atoms with Crippen LogP contribution in [-0.2, 0) is 6.54 Å². The maximum absolute atomic E-state index is 13.4. The van der Waals surface area contributed by atoms with Crippen LogP contribution in [0.3, 0.4) is 0 Å². The number of hydrogen-bond donors (Lipinski definition) is 1. The minimum atomic E-state index is -0.381. The molecule has 0 aliphatic heterocycles. The second-order valence-corrected chi connectivity index (χ2v) is 5.59. The Morgan fingerprint density at radius 3 is 2.67 bits per heavy atom. The Morgan fingerprint density at radius 2 is 2.05 bits per heavy atom. The van der Waals surface area contributed by atoms with Crippen molar-refractivity contribution in [1.82, 2.24) is 4.98 Å². The molecule has 0 amide bonds. The van der Waals surface area contributed by atoms with E-state index in [9.17, 15) is 4.39 Å². The predicted octanol–water partition coefficient (Wildman–Crippen LogP) is 2.98. The zero-order valence-corrected chi connectivity index (χ0v) is 13.3. The van der Waals surface area contributed by atoms with Gasteiger partial charge in [-0.3, -0.25) is 0 Å².